The van der Waals surface area contributed by atoms with Crippen molar-refractivity contribution in [3.63, 3.8) is 0 Å². The highest BCUT2D eigenvalue weighted by Crippen LogP contribution is 2.42. The second-order valence-corrected chi connectivity index (χ2v) is 6.04. The zero-order valence-electron chi connectivity index (χ0n) is 13.5. The van der Waals surface area contributed by atoms with Crippen molar-refractivity contribution in [1.82, 2.24) is 4.90 Å². The van der Waals surface area contributed by atoms with E-state index in [0.29, 0.717) is 12.0 Å². The van der Waals surface area contributed by atoms with Crippen LogP contribution >= 0.6 is 0 Å². The smallest absolute Gasteiger partial charge is 0.131 e. The molecule has 2 aromatic carbocycles. The molecule has 4 heteroatoms. The van der Waals surface area contributed by atoms with Gasteiger partial charge >= 0.3 is 0 Å². The zero-order chi connectivity index (χ0) is 15.7. The maximum absolute atomic E-state index is 5.86. The van der Waals surface area contributed by atoms with Crippen LogP contribution in [0.4, 0.5) is 0 Å². The molecule has 2 N–H and O–H groups in total. The van der Waals surface area contributed by atoms with E-state index in [1.165, 1.54) is 5.56 Å². The number of hydrogen-bond acceptors (Lipinski definition) is 4. The van der Waals surface area contributed by atoms with Gasteiger partial charge in [0.2, 0.25) is 0 Å². The number of methoxy groups -OCH3 is 2. The summed E-state index contributed by atoms with van der Waals surface area (Å²) >= 11 is 0. The van der Waals surface area contributed by atoms with Crippen LogP contribution in [0.25, 0.3) is 10.8 Å². The molecule has 3 rings (SSSR count). The Bertz CT molecular complexity index is 671. The molecule has 1 aliphatic heterocycles. The molecule has 1 fully saturated rings. The Morgan fingerprint density at radius 2 is 1.95 bits per heavy atom. The van der Waals surface area contributed by atoms with Crippen molar-refractivity contribution in [2.45, 2.75) is 12.5 Å². The first kappa shape index (κ1) is 15.1. The van der Waals surface area contributed by atoms with Crippen LogP contribution in [0.2, 0.25) is 0 Å². The van der Waals surface area contributed by atoms with E-state index in [9.17, 15) is 0 Å². The highest BCUT2D eigenvalue weighted by Gasteiger charge is 2.32. The van der Waals surface area contributed by atoms with Crippen LogP contribution in [0.15, 0.2) is 30.3 Å². The topological polar surface area (TPSA) is 47.7 Å². The summed E-state index contributed by atoms with van der Waals surface area (Å²) in [6.45, 7) is 1.78. The fourth-order valence-electron chi connectivity index (χ4n) is 3.63. The summed E-state index contributed by atoms with van der Waals surface area (Å²) in [5.41, 5.74) is 7.10. The van der Waals surface area contributed by atoms with Crippen LogP contribution < -0.4 is 15.2 Å². The average molecular weight is 300 g/mol. The first-order valence-corrected chi connectivity index (χ1v) is 7.73. The third-order valence-corrected chi connectivity index (χ3v) is 4.75. The highest BCUT2D eigenvalue weighted by molar-refractivity contribution is 5.94. The SMILES string of the molecule is COc1cccc2c(OC)c(C3CC(CN)CN3C)ccc12. The van der Waals surface area contributed by atoms with E-state index in [4.69, 9.17) is 15.2 Å². The van der Waals surface area contributed by atoms with Gasteiger partial charge in [-0.05, 0) is 32.0 Å². The predicted octanol–water partition coefficient (Wildman–Crippen LogP) is 2.81. The van der Waals surface area contributed by atoms with Crippen LogP contribution in [0.1, 0.15) is 18.0 Å². The van der Waals surface area contributed by atoms with E-state index < -0.39 is 0 Å². The standard InChI is InChI=1S/C18H24N2O2/c1-20-11-12(10-19)9-16(20)15-8-7-13-14(18(15)22-3)5-4-6-17(13)21-2/h4-8,12,16H,9-11,19H2,1-3H3. The number of ether oxygens (including phenoxy) is 2. The second-order valence-electron chi connectivity index (χ2n) is 6.04. The lowest BCUT2D eigenvalue weighted by Gasteiger charge is -2.23. The largest absolute Gasteiger partial charge is 0.496 e. The number of benzene rings is 2. The van der Waals surface area contributed by atoms with Crippen LogP contribution in [-0.2, 0) is 0 Å². The molecular weight excluding hydrogens is 276 g/mol. The Hall–Kier alpha value is -1.78. The molecule has 118 valence electrons. The number of hydrogen-bond donors (Lipinski definition) is 1. The zero-order valence-corrected chi connectivity index (χ0v) is 13.5. The molecule has 22 heavy (non-hydrogen) atoms. The lowest BCUT2D eigenvalue weighted by Crippen LogP contribution is -2.20. The lowest BCUT2D eigenvalue weighted by atomic mass is 9.96. The maximum atomic E-state index is 5.86. The predicted molar refractivity (Wildman–Crippen MR) is 89.6 cm³/mol. The normalized spacial score (nSPS) is 22.2. The molecule has 0 radical (unpaired) electrons. The molecule has 0 aromatic heterocycles. The average Bonchev–Trinajstić information content (AvgIpc) is 2.93. The maximum Gasteiger partial charge on any atom is 0.131 e. The highest BCUT2D eigenvalue weighted by atomic mass is 16.5. The van der Waals surface area contributed by atoms with E-state index >= 15 is 0 Å². The molecular formula is C18H24N2O2. The van der Waals surface area contributed by atoms with Crippen molar-refractivity contribution < 1.29 is 9.47 Å². The van der Waals surface area contributed by atoms with Crippen LogP contribution in [0.5, 0.6) is 11.5 Å². The fourth-order valence-corrected chi connectivity index (χ4v) is 3.63. The van der Waals surface area contributed by atoms with E-state index in [0.717, 1.165) is 41.8 Å². The fraction of sp³-hybridized carbons (Fsp3) is 0.444. The number of nitrogens with two attached hydrogens (primary N) is 1. The van der Waals surface area contributed by atoms with Crippen molar-refractivity contribution in [2.24, 2.45) is 11.7 Å². The van der Waals surface area contributed by atoms with Gasteiger partial charge in [-0.25, -0.2) is 0 Å². The van der Waals surface area contributed by atoms with E-state index in [2.05, 4.69) is 30.1 Å². The summed E-state index contributed by atoms with van der Waals surface area (Å²) in [5.74, 6) is 2.38. The summed E-state index contributed by atoms with van der Waals surface area (Å²) in [4.78, 5) is 2.38. The minimum absolute atomic E-state index is 0.360. The molecule has 2 unspecified atom stereocenters. The van der Waals surface area contributed by atoms with Crippen LogP contribution in [0.3, 0.4) is 0 Å². The molecule has 0 aliphatic carbocycles. The third kappa shape index (κ3) is 2.42. The molecule has 0 amide bonds. The monoisotopic (exact) mass is 300 g/mol. The summed E-state index contributed by atoms with van der Waals surface area (Å²) < 4.78 is 11.2. The van der Waals surface area contributed by atoms with Crippen molar-refractivity contribution in [2.75, 3.05) is 34.4 Å². The molecule has 1 saturated heterocycles. The second kappa shape index (κ2) is 6.15. The number of fused-ring (bicyclic) bond motifs is 1. The minimum atomic E-state index is 0.360. The lowest BCUT2D eigenvalue weighted by molar-refractivity contribution is 0.304. The molecule has 0 bridgehead atoms. The summed E-state index contributed by atoms with van der Waals surface area (Å²) in [6.07, 6.45) is 1.08. The van der Waals surface area contributed by atoms with Crippen LogP contribution in [-0.4, -0.2) is 39.3 Å². The van der Waals surface area contributed by atoms with Crippen molar-refractivity contribution >= 4 is 10.8 Å². The molecule has 2 atom stereocenters. The first-order valence-electron chi connectivity index (χ1n) is 7.73. The number of likely N-dealkylation sites (tertiary alicyclic amines) is 1. The van der Waals surface area contributed by atoms with Gasteiger partial charge in [0.15, 0.2) is 0 Å². The van der Waals surface area contributed by atoms with Gasteiger partial charge in [-0.3, -0.25) is 4.90 Å². The first-order chi connectivity index (χ1) is 10.7. The van der Waals surface area contributed by atoms with Crippen LogP contribution in [0, 0.1) is 5.92 Å². The quantitative estimate of drug-likeness (QED) is 0.943. The Labute approximate surface area is 131 Å². The van der Waals surface area contributed by atoms with Gasteiger partial charge in [0.1, 0.15) is 11.5 Å². The van der Waals surface area contributed by atoms with Gasteiger partial charge in [0, 0.05) is 28.9 Å². The van der Waals surface area contributed by atoms with Crippen molar-refractivity contribution in [3.8, 4) is 11.5 Å². The summed E-state index contributed by atoms with van der Waals surface area (Å²) in [6, 6.07) is 10.7. The molecule has 1 heterocycles. The molecule has 1 aliphatic rings. The molecule has 0 spiro atoms. The van der Waals surface area contributed by atoms with Gasteiger partial charge in [-0.1, -0.05) is 24.3 Å². The molecule has 2 aromatic rings. The van der Waals surface area contributed by atoms with Gasteiger partial charge in [0.25, 0.3) is 0 Å². The Morgan fingerprint density at radius 3 is 2.59 bits per heavy atom. The summed E-state index contributed by atoms with van der Waals surface area (Å²) in [7, 11) is 5.61. The van der Waals surface area contributed by atoms with E-state index in [-0.39, 0.29) is 0 Å². The Balaban J connectivity index is 2.11. The molecule has 4 nitrogen and oxygen atoms in total. The van der Waals surface area contributed by atoms with E-state index in [1.807, 2.05) is 12.1 Å². The van der Waals surface area contributed by atoms with Gasteiger partial charge in [0.05, 0.1) is 14.2 Å². The number of rotatable bonds is 4. The van der Waals surface area contributed by atoms with Gasteiger partial charge in [-0.2, -0.15) is 0 Å². The van der Waals surface area contributed by atoms with Gasteiger partial charge < -0.3 is 15.2 Å². The molecule has 0 saturated carbocycles. The third-order valence-electron chi connectivity index (χ3n) is 4.75. The van der Waals surface area contributed by atoms with Crippen molar-refractivity contribution in [1.29, 1.82) is 0 Å². The Morgan fingerprint density at radius 1 is 1.14 bits per heavy atom. The Kier molecular flexibility index (Phi) is 4.23. The van der Waals surface area contributed by atoms with Gasteiger partial charge in [-0.15, -0.1) is 0 Å². The summed E-state index contributed by atoms with van der Waals surface area (Å²) in [5, 5.41) is 2.19. The van der Waals surface area contributed by atoms with Crippen molar-refractivity contribution in [3.05, 3.63) is 35.9 Å². The minimum Gasteiger partial charge on any atom is -0.496 e. The van der Waals surface area contributed by atoms with E-state index in [1.54, 1.807) is 14.2 Å². The number of nitrogens with zero attached hydrogens (tertiary/aromatic N) is 1.